The predicted octanol–water partition coefficient (Wildman–Crippen LogP) is 2.85. The molecule has 170 valence electrons. The van der Waals surface area contributed by atoms with E-state index in [2.05, 4.69) is 38.8 Å². The minimum atomic E-state index is -0.112. The summed E-state index contributed by atoms with van der Waals surface area (Å²) in [6, 6.07) is 11.0. The van der Waals surface area contributed by atoms with Crippen molar-refractivity contribution < 1.29 is 4.79 Å². The van der Waals surface area contributed by atoms with Gasteiger partial charge in [-0.2, -0.15) is 0 Å². The molecule has 9 heteroatoms. The molecule has 1 amide bonds. The molecule has 4 aromatic heterocycles. The molecule has 0 saturated heterocycles. The van der Waals surface area contributed by atoms with Gasteiger partial charge in [-0.25, -0.2) is 14.5 Å². The summed E-state index contributed by atoms with van der Waals surface area (Å²) in [6.07, 6.45) is 5.23. The number of rotatable bonds is 8. The Bertz CT molecular complexity index is 1250. The first-order valence-electron chi connectivity index (χ1n) is 11.0. The molecule has 0 fully saturated rings. The topological polar surface area (TPSA) is 106 Å². The van der Waals surface area contributed by atoms with Gasteiger partial charge >= 0.3 is 0 Å². The zero-order valence-corrected chi connectivity index (χ0v) is 19.1. The maximum Gasteiger partial charge on any atom is 0.272 e. The van der Waals surface area contributed by atoms with Crippen LogP contribution in [0.15, 0.2) is 55.0 Å². The van der Waals surface area contributed by atoms with Gasteiger partial charge in [-0.05, 0) is 37.4 Å². The van der Waals surface area contributed by atoms with E-state index >= 15 is 0 Å². The monoisotopic (exact) mass is 444 g/mol. The zero-order valence-electron chi connectivity index (χ0n) is 19.1. The van der Waals surface area contributed by atoms with Crippen molar-refractivity contribution in [3.05, 3.63) is 60.7 Å². The highest BCUT2D eigenvalue weighted by atomic mass is 16.2. The SMILES string of the molecule is CCN(CC)CCN(C)C(=O)c1cccc(-c2cnc3c(-c4ccccn4)c(N)nn3c2)n1. The highest BCUT2D eigenvalue weighted by molar-refractivity contribution is 5.92. The highest BCUT2D eigenvalue weighted by Gasteiger charge is 2.17. The number of fused-ring (bicyclic) bond motifs is 1. The van der Waals surface area contributed by atoms with Gasteiger partial charge in [-0.3, -0.25) is 9.78 Å². The minimum Gasteiger partial charge on any atom is -0.382 e. The van der Waals surface area contributed by atoms with Crippen LogP contribution in [0.1, 0.15) is 24.3 Å². The molecule has 0 aliphatic carbocycles. The quantitative estimate of drug-likeness (QED) is 0.445. The number of nitrogen functional groups attached to an aromatic ring is 1. The van der Waals surface area contributed by atoms with E-state index in [1.165, 1.54) is 0 Å². The van der Waals surface area contributed by atoms with E-state index in [-0.39, 0.29) is 5.91 Å². The number of aromatic nitrogens is 5. The second-order valence-electron chi connectivity index (χ2n) is 7.75. The van der Waals surface area contributed by atoms with E-state index in [4.69, 9.17) is 5.73 Å². The first-order chi connectivity index (χ1) is 16.0. The molecule has 0 spiro atoms. The zero-order chi connectivity index (χ0) is 23.4. The summed E-state index contributed by atoms with van der Waals surface area (Å²) < 4.78 is 1.63. The summed E-state index contributed by atoms with van der Waals surface area (Å²) in [5, 5.41) is 4.40. The Morgan fingerprint density at radius 1 is 1.03 bits per heavy atom. The smallest absolute Gasteiger partial charge is 0.272 e. The molecule has 0 saturated carbocycles. The lowest BCUT2D eigenvalue weighted by molar-refractivity contribution is 0.0774. The van der Waals surface area contributed by atoms with Crippen molar-refractivity contribution in [2.24, 2.45) is 0 Å². The summed E-state index contributed by atoms with van der Waals surface area (Å²) in [7, 11) is 1.81. The van der Waals surface area contributed by atoms with Crippen LogP contribution in [0.4, 0.5) is 5.82 Å². The van der Waals surface area contributed by atoms with E-state index < -0.39 is 0 Å². The summed E-state index contributed by atoms with van der Waals surface area (Å²) in [5.74, 6) is 0.240. The fourth-order valence-electron chi connectivity index (χ4n) is 3.68. The number of amides is 1. The third kappa shape index (κ3) is 4.68. The van der Waals surface area contributed by atoms with Gasteiger partial charge in [0.15, 0.2) is 11.5 Å². The average molecular weight is 445 g/mol. The number of nitrogens with zero attached hydrogens (tertiary/aromatic N) is 7. The maximum atomic E-state index is 12.9. The van der Waals surface area contributed by atoms with Crippen LogP contribution in [-0.2, 0) is 0 Å². The van der Waals surface area contributed by atoms with Crippen molar-refractivity contribution >= 4 is 17.4 Å². The number of likely N-dealkylation sites (N-methyl/N-ethyl adjacent to an activating group) is 2. The molecule has 9 nitrogen and oxygen atoms in total. The summed E-state index contributed by atoms with van der Waals surface area (Å²) >= 11 is 0. The lowest BCUT2D eigenvalue weighted by Gasteiger charge is -2.23. The molecule has 0 aromatic carbocycles. The van der Waals surface area contributed by atoms with Gasteiger partial charge in [0.2, 0.25) is 0 Å². The standard InChI is InChI=1S/C24H28N8O/c1-4-31(5-2)14-13-30(3)24(33)20-11-8-10-18(28-20)17-15-27-23-21(19-9-6-7-12-26-19)22(25)29-32(23)16-17/h6-12,15-16H,4-5,13-14H2,1-3H3,(H2,25,29). The van der Waals surface area contributed by atoms with Crippen molar-refractivity contribution in [2.75, 3.05) is 39.0 Å². The number of carbonyl (C=O) groups excluding carboxylic acids is 1. The molecule has 4 heterocycles. The van der Waals surface area contributed by atoms with Crippen LogP contribution in [0.3, 0.4) is 0 Å². The number of hydrogen-bond donors (Lipinski definition) is 1. The van der Waals surface area contributed by atoms with E-state index in [0.717, 1.165) is 25.2 Å². The molecular formula is C24H28N8O. The molecule has 0 radical (unpaired) electrons. The van der Waals surface area contributed by atoms with E-state index in [1.807, 2.05) is 36.5 Å². The first-order valence-corrected chi connectivity index (χ1v) is 11.0. The van der Waals surface area contributed by atoms with Gasteiger partial charge in [0.05, 0.1) is 17.0 Å². The highest BCUT2D eigenvalue weighted by Crippen LogP contribution is 2.28. The van der Waals surface area contributed by atoms with Crippen LogP contribution >= 0.6 is 0 Å². The first kappa shape index (κ1) is 22.3. The lowest BCUT2D eigenvalue weighted by atomic mass is 10.2. The Morgan fingerprint density at radius 3 is 2.55 bits per heavy atom. The fraction of sp³-hybridized carbons (Fsp3) is 0.292. The van der Waals surface area contributed by atoms with Crippen LogP contribution in [0.5, 0.6) is 0 Å². The third-order valence-corrected chi connectivity index (χ3v) is 5.68. The Morgan fingerprint density at radius 2 is 1.82 bits per heavy atom. The lowest BCUT2D eigenvalue weighted by Crippen LogP contribution is -2.36. The van der Waals surface area contributed by atoms with Gasteiger partial charge in [0.25, 0.3) is 5.91 Å². The Labute approximate surface area is 192 Å². The van der Waals surface area contributed by atoms with Crippen LogP contribution in [0, 0.1) is 0 Å². The van der Waals surface area contributed by atoms with Crippen molar-refractivity contribution in [1.82, 2.24) is 34.4 Å². The Kier molecular flexibility index (Phi) is 6.60. The average Bonchev–Trinajstić information content (AvgIpc) is 3.19. The predicted molar refractivity (Wildman–Crippen MR) is 129 cm³/mol. The Balaban J connectivity index is 1.59. The molecule has 33 heavy (non-hydrogen) atoms. The number of nitrogens with two attached hydrogens (primary N) is 1. The molecule has 0 atom stereocenters. The van der Waals surface area contributed by atoms with Gasteiger partial charge in [0.1, 0.15) is 5.69 Å². The summed E-state index contributed by atoms with van der Waals surface area (Å²) in [4.78, 5) is 30.4. The van der Waals surface area contributed by atoms with Gasteiger partial charge in [0, 0.05) is 44.3 Å². The van der Waals surface area contributed by atoms with Gasteiger partial charge in [-0.1, -0.05) is 26.0 Å². The molecule has 4 aromatic rings. The van der Waals surface area contributed by atoms with Crippen LogP contribution < -0.4 is 5.73 Å². The van der Waals surface area contributed by atoms with Crippen molar-refractivity contribution in [3.8, 4) is 22.5 Å². The summed E-state index contributed by atoms with van der Waals surface area (Å²) in [6.45, 7) is 7.63. The molecule has 0 bridgehead atoms. The van der Waals surface area contributed by atoms with E-state index in [9.17, 15) is 4.79 Å². The van der Waals surface area contributed by atoms with Gasteiger partial charge < -0.3 is 15.5 Å². The number of anilines is 1. The molecule has 4 rings (SSSR count). The van der Waals surface area contributed by atoms with E-state index in [1.54, 1.807) is 34.9 Å². The minimum absolute atomic E-state index is 0.112. The normalized spacial score (nSPS) is 11.3. The van der Waals surface area contributed by atoms with E-state index in [0.29, 0.717) is 40.7 Å². The second-order valence-corrected chi connectivity index (χ2v) is 7.75. The largest absolute Gasteiger partial charge is 0.382 e. The molecule has 2 N–H and O–H groups in total. The van der Waals surface area contributed by atoms with Crippen molar-refractivity contribution in [3.63, 3.8) is 0 Å². The number of carbonyl (C=O) groups is 1. The van der Waals surface area contributed by atoms with Crippen molar-refractivity contribution in [1.29, 1.82) is 0 Å². The molecule has 0 unspecified atom stereocenters. The van der Waals surface area contributed by atoms with Crippen LogP contribution in [0.2, 0.25) is 0 Å². The second kappa shape index (κ2) is 9.74. The van der Waals surface area contributed by atoms with Crippen LogP contribution in [-0.4, -0.2) is 73.5 Å². The summed E-state index contributed by atoms with van der Waals surface area (Å²) in [5.41, 5.74) is 9.94. The Hall–Kier alpha value is -3.85. The van der Waals surface area contributed by atoms with Crippen LogP contribution in [0.25, 0.3) is 28.2 Å². The number of hydrogen-bond acceptors (Lipinski definition) is 7. The molecule has 0 aliphatic heterocycles. The maximum absolute atomic E-state index is 12.9. The molecular weight excluding hydrogens is 416 g/mol. The number of pyridine rings is 2. The van der Waals surface area contributed by atoms with Gasteiger partial charge in [-0.15, -0.1) is 5.10 Å². The van der Waals surface area contributed by atoms with Crippen molar-refractivity contribution in [2.45, 2.75) is 13.8 Å². The fourth-order valence-corrected chi connectivity index (χ4v) is 3.68. The molecule has 0 aliphatic rings. The third-order valence-electron chi connectivity index (χ3n) is 5.68.